The molecule has 0 N–H and O–H groups in total. The average Bonchev–Trinajstić information content (AvgIpc) is 1.88. The summed E-state index contributed by atoms with van der Waals surface area (Å²) in [6, 6.07) is 6.86. The molecule has 0 saturated carbocycles. The van der Waals surface area contributed by atoms with Crippen molar-refractivity contribution in [2.24, 2.45) is 0 Å². The van der Waals surface area contributed by atoms with Crippen LogP contribution in [0.25, 0.3) is 0 Å². The number of hydrogen-bond acceptors (Lipinski definition) is 0. The normalized spacial score (nSPS) is 11.5. The summed E-state index contributed by atoms with van der Waals surface area (Å²) in [5.74, 6) is 0. The van der Waals surface area contributed by atoms with Crippen molar-refractivity contribution in [3.8, 4) is 0 Å². The van der Waals surface area contributed by atoms with Crippen LogP contribution in [-0.2, 0) is 0 Å². The Morgan fingerprint density at radius 2 is 1.70 bits per heavy atom. The highest BCUT2D eigenvalue weighted by Crippen LogP contribution is 1.89. The molecule has 10 heavy (non-hydrogen) atoms. The molecule has 0 fully saturated rings. The van der Waals surface area contributed by atoms with Crippen LogP contribution in [0.3, 0.4) is 0 Å². The summed E-state index contributed by atoms with van der Waals surface area (Å²) in [6.07, 6.45) is 0. The van der Waals surface area contributed by atoms with E-state index in [1.54, 1.807) is 24.3 Å². The zero-order valence-electron chi connectivity index (χ0n) is 5.43. The molecule has 54 valence electrons. The van der Waals surface area contributed by atoms with Crippen LogP contribution in [0.15, 0.2) is 30.3 Å². The molecular formula is C7H8F2Si. The number of rotatable bonds is 2. The first-order valence-corrected chi connectivity index (χ1v) is 4.63. The Kier molecular flexibility index (Phi) is 2.56. The first-order chi connectivity index (χ1) is 4.79. The summed E-state index contributed by atoms with van der Waals surface area (Å²) in [5, 5.41) is 0.831. The number of benzene rings is 1. The lowest BCUT2D eigenvalue weighted by molar-refractivity contribution is 0.240. The van der Waals surface area contributed by atoms with E-state index >= 15 is 0 Å². The third-order valence-electron chi connectivity index (χ3n) is 1.23. The fraction of sp³-hybridized carbons (Fsp3) is 0.143. The maximum absolute atomic E-state index is 11.8. The van der Waals surface area contributed by atoms with Crippen LogP contribution in [0, 0.1) is 0 Å². The Hall–Kier alpha value is -0.703. The summed E-state index contributed by atoms with van der Waals surface area (Å²) >= 11 is 0. The summed E-state index contributed by atoms with van der Waals surface area (Å²) in [6.45, 7) is 0. The zero-order valence-corrected chi connectivity index (χ0v) is 6.84. The molecule has 0 spiro atoms. The predicted octanol–water partition coefficient (Wildman–Crippen LogP) is 0.703. The van der Waals surface area contributed by atoms with Crippen molar-refractivity contribution in [2.75, 3.05) is 0 Å². The highest BCUT2D eigenvalue weighted by molar-refractivity contribution is 6.54. The molecule has 0 aromatic heterocycles. The third-order valence-corrected chi connectivity index (χ3v) is 2.48. The summed E-state index contributed by atoms with van der Waals surface area (Å²) in [5.41, 5.74) is 0. The summed E-state index contributed by atoms with van der Waals surface area (Å²) in [7, 11) is -1.31. The van der Waals surface area contributed by atoms with Crippen LogP contribution in [0.2, 0.25) is 0 Å². The predicted molar refractivity (Wildman–Crippen MR) is 40.6 cm³/mol. The van der Waals surface area contributed by atoms with E-state index in [4.69, 9.17) is 0 Å². The van der Waals surface area contributed by atoms with E-state index in [-0.39, 0.29) is 0 Å². The highest BCUT2D eigenvalue weighted by Gasteiger charge is 2.03. The second kappa shape index (κ2) is 3.46. The molecule has 0 saturated heterocycles. The molecule has 1 aromatic carbocycles. The van der Waals surface area contributed by atoms with Crippen LogP contribution >= 0.6 is 0 Å². The van der Waals surface area contributed by atoms with E-state index in [9.17, 15) is 8.78 Å². The molecule has 0 aliphatic heterocycles. The second-order valence-corrected chi connectivity index (χ2v) is 3.92. The SMILES string of the molecule is FC(F)[SiH2]c1ccccc1. The molecular weight excluding hydrogens is 150 g/mol. The van der Waals surface area contributed by atoms with Gasteiger partial charge in [-0.05, 0) is 0 Å². The number of hydrogen-bond donors (Lipinski definition) is 0. The van der Waals surface area contributed by atoms with Gasteiger partial charge < -0.3 is 0 Å². The lowest BCUT2D eigenvalue weighted by atomic mass is 10.4. The van der Waals surface area contributed by atoms with Gasteiger partial charge >= 0.3 is 0 Å². The summed E-state index contributed by atoms with van der Waals surface area (Å²) < 4.78 is 23.6. The fourth-order valence-corrected chi connectivity index (χ4v) is 1.69. The molecule has 0 nitrogen and oxygen atoms in total. The van der Waals surface area contributed by atoms with Crippen molar-refractivity contribution >= 4 is 14.7 Å². The standard InChI is InChI=1S/C7H8F2Si/c8-7(9)10-6-4-2-1-3-5-6/h1-5,7H,10H2. The van der Waals surface area contributed by atoms with E-state index in [1.807, 2.05) is 6.07 Å². The van der Waals surface area contributed by atoms with Gasteiger partial charge in [-0.15, -0.1) is 0 Å². The maximum Gasteiger partial charge on any atom is 0.219 e. The zero-order chi connectivity index (χ0) is 7.40. The molecule has 0 radical (unpaired) electrons. The van der Waals surface area contributed by atoms with Crippen molar-refractivity contribution in [2.45, 2.75) is 6.05 Å². The Labute approximate surface area is 60.7 Å². The molecule has 1 rings (SSSR count). The van der Waals surface area contributed by atoms with E-state index in [0.29, 0.717) is 0 Å². The van der Waals surface area contributed by atoms with E-state index < -0.39 is 15.6 Å². The van der Waals surface area contributed by atoms with Crippen LogP contribution in [0.5, 0.6) is 0 Å². The van der Waals surface area contributed by atoms with Gasteiger partial charge in [0.1, 0.15) is 9.52 Å². The Balaban J connectivity index is 2.59. The molecule has 0 unspecified atom stereocenters. The fourth-order valence-electron chi connectivity index (χ4n) is 0.792. The van der Waals surface area contributed by atoms with Gasteiger partial charge in [0.05, 0.1) is 0 Å². The van der Waals surface area contributed by atoms with Gasteiger partial charge in [0, 0.05) is 0 Å². The highest BCUT2D eigenvalue weighted by atomic mass is 28.2. The van der Waals surface area contributed by atoms with Crippen molar-refractivity contribution in [1.29, 1.82) is 0 Å². The van der Waals surface area contributed by atoms with E-state index in [2.05, 4.69) is 0 Å². The molecule has 3 heteroatoms. The Morgan fingerprint density at radius 3 is 2.20 bits per heavy atom. The number of halogens is 2. The van der Waals surface area contributed by atoms with Crippen molar-refractivity contribution in [3.05, 3.63) is 30.3 Å². The lowest BCUT2D eigenvalue weighted by Gasteiger charge is -1.95. The van der Waals surface area contributed by atoms with Crippen molar-refractivity contribution in [3.63, 3.8) is 0 Å². The van der Waals surface area contributed by atoms with E-state index in [1.165, 1.54) is 0 Å². The average molecular weight is 158 g/mol. The lowest BCUT2D eigenvalue weighted by Crippen LogP contribution is -2.20. The third kappa shape index (κ3) is 2.27. The van der Waals surface area contributed by atoms with Gasteiger partial charge in [0.25, 0.3) is 0 Å². The van der Waals surface area contributed by atoms with Crippen LogP contribution in [0.1, 0.15) is 0 Å². The minimum atomic E-state index is -2.10. The molecule has 0 atom stereocenters. The minimum absolute atomic E-state index is 0.831. The van der Waals surface area contributed by atoms with Gasteiger partial charge in [-0.3, -0.25) is 0 Å². The van der Waals surface area contributed by atoms with Crippen molar-refractivity contribution < 1.29 is 8.78 Å². The molecule has 0 bridgehead atoms. The minimum Gasteiger partial charge on any atom is -0.216 e. The Bertz CT molecular complexity index is 186. The monoisotopic (exact) mass is 158 g/mol. The molecule has 0 amide bonds. The first kappa shape index (κ1) is 7.40. The van der Waals surface area contributed by atoms with Gasteiger partial charge in [-0.2, -0.15) is 0 Å². The summed E-state index contributed by atoms with van der Waals surface area (Å²) in [4.78, 5) is 0. The van der Waals surface area contributed by atoms with Gasteiger partial charge in [0.2, 0.25) is 6.05 Å². The molecule has 0 aliphatic carbocycles. The van der Waals surface area contributed by atoms with Crippen LogP contribution in [0.4, 0.5) is 8.78 Å². The van der Waals surface area contributed by atoms with Crippen LogP contribution < -0.4 is 5.19 Å². The van der Waals surface area contributed by atoms with Gasteiger partial charge in [-0.1, -0.05) is 35.5 Å². The van der Waals surface area contributed by atoms with Gasteiger partial charge in [-0.25, -0.2) is 8.78 Å². The maximum atomic E-state index is 11.8. The van der Waals surface area contributed by atoms with Crippen molar-refractivity contribution in [1.82, 2.24) is 0 Å². The van der Waals surface area contributed by atoms with E-state index in [0.717, 1.165) is 5.19 Å². The largest absolute Gasteiger partial charge is 0.219 e. The smallest absolute Gasteiger partial charge is 0.216 e. The molecule has 1 aromatic rings. The second-order valence-electron chi connectivity index (χ2n) is 2.08. The quantitative estimate of drug-likeness (QED) is 0.556. The topological polar surface area (TPSA) is 0 Å². The molecule has 0 heterocycles. The molecule has 0 aliphatic rings. The number of alkyl halides is 2. The first-order valence-electron chi connectivity index (χ1n) is 3.11. The Morgan fingerprint density at radius 1 is 1.10 bits per heavy atom. The van der Waals surface area contributed by atoms with Crippen LogP contribution in [-0.4, -0.2) is 15.6 Å². The van der Waals surface area contributed by atoms with Gasteiger partial charge in [0.15, 0.2) is 0 Å².